The van der Waals surface area contributed by atoms with Crippen LogP contribution in [0.3, 0.4) is 0 Å². The average Bonchev–Trinajstić information content (AvgIpc) is 2.89. The normalized spacial score (nSPS) is 10.5. The first kappa shape index (κ1) is 16.7. The molecular weight excluding hydrogens is 327 g/mol. The monoisotopic (exact) mass is 342 g/mol. The zero-order chi connectivity index (χ0) is 15.9. The molecule has 0 amide bonds. The van der Waals surface area contributed by atoms with Crippen molar-refractivity contribution in [1.29, 1.82) is 0 Å². The van der Waals surface area contributed by atoms with Gasteiger partial charge in [0, 0.05) is 30.9 Å². The smallest absolute Gasteiger partial charge is 0.172 e. The first-order valence-corrected chi connectivity index (χ1v) is 7.38. The third-order valence-electron chi connectivity index (χ3n) is 2.82. The van der Waals surface area contributed by atoms with Crippen LogP contribution in [0, 0.1) is 5.82 Å². The number of benzene rings is 1. The Labute approximate surface area is 138 Å². The molecule has 0 fully saturated rings. The number of methoxy groups -OCH3 is 1. The van der Waals surface area contributed by atoms with E-state index < -0.39 is 0 Å². The Balaban J connectivity index is 1.92. The second-order valence-electron chi connectivity index (χ2n) is 4.51. The lowest BCUT2D eigenvalue weighted by atomic mass is 10.2. The van der Waals surface area contributed by atoms with Crippen LogP contribution in [0.5, 0.6) is 0 Å². The molecule has 1 heterocycles. The summed E-state index contributed by atoms with van der Waals surface area (Å²) in [5.41, 5.74) is 0.790. The van der Waals surface area contributed by atoms with E-state index in [9.17, 15) is 4.39 Å². The molecule has 0 aliphatic rings. The molecule has 118 valence electrons. The van der Waals surface area contributed by atoms with Gasteiger partial charge in [0.2, 0.25) is 0 Å². The molecule has 0 saturated heterocycles. The predicted molar refractivity (Wildman–Crippen MR) is 88.8 cm³/mol. The summed E-state index contributed by atoms with van der Waals surface area (Å²) in [7, 11) is 1.63. The van der Waals surface area contributed by atoms with Crippen molar-refractivity contribution in [2.75, 3.05) is 25.6 Å². The summed E-state index contributed by atoms with van der Waals surface area (Å²) in [5, 5.41) is 11.1. The van der Waals surface area contributed by atoms with Gasteiger partial charge in [0.15, 0.2) is 10.9 Å². The van der Waals surface area contributed by atoms with Crippen molar-refractivity contribution in [1.82, 2.24) is 15.1 Å². The van der Waals surface area contributed by atoms with Crippen molar-refractivity contribution in [3.63, 3.8) is 0 Å². The van der Waals surface area contributed by atoms with Gasteiger partial charge in [0.1, 0.15) is 5.82 Å². The molecule has 2 aromatic rings. The number of nitrogens with one attached hydrogen (secondary N) is 2. The summed E-state index contributed by atoms with van der Waals surface area (Å²) in [6.45, 7) is 1.64. The van der Waals surface area contributed by atoms with Crippen LogP contribution in [-0.4, -0.2) is 35.2 Å². The molecule has 0 atom stereocenters. The molecule has 2 N–H and O–H groups in total. The highest BCUT2D eigenvalue weighted by molar-refractivity contribution is 7.80. The van der Waals surface area contributed by atoms with E-state index in [1.165, 1.54) is 12.1 Å². The first-order chi connectivity index (χ1) is 10.6. The van der Waals surface area contributed by atoms with E-state index in [4.69, 9.17) is 28.6 Å². The van der Waals surface area contributed by atoms with Crippen molar-refractivity contribution in [3.8, 4) is 0 Å². The average molecular weight is 343 g/mol. The molecule has 1 aromatic carbocycles. The fourth-order valence-corrected chi connectivity index (χ4v) is 2.20. The molecular formula is C14H16ClFN4OS. The zero-order valence-electron chi connectivity index (χ0n) is 12.0. The van der Waals surface area contributed by atoms with Gasteiger partial charge >= 0.3 is 0 Å². The highest BCUT2D eigenvalue weighted by Gasteiger charge is 2.05. The third kappa shape index (κ3) is 4.94. The number of nitrogens with zero attached hydrogens (tertiary/aromatic N) is 2. The molecule has 0 aliphatic carbocycles. The van der Waals surface area contributed by atoms with Crippen LogP contribution in [0.2, 0.25) is 5.02 Å². The van der Waals surface area contributed by atoms with E-state index in [0.29, 0.717) is 35.6 Å². The topological polar surface area (TPSA) is 51.1 Å². The van der Waals surface area contributed by atoms with E-state index in [2.05, 4.69) is 15.7 Å². The SMILES string of the molecule is COCCNC(=S)Nc1ccn(Cc2ccc(F)cc2Cl)n1. The Morgan fingerprint density at radius 2 is 2.27 bits per heavy atom. The summed E-state index contributed by atoms with van der Waals surface area (Å²) in [6.07, 6.45) is 1.79. The van der Waals surface area contributed by atoms with Crippen molar-refractivity contribution >= 4 is 34.7 Å². The second kappa shape index (κ2) is 8.07. The van der Waals surface area contributed by atoms with E-state index in [-0.39, 0.29) is 5.82 Å². The number of hydrogen-bond donors (Lipinski definition) is 2. The minimum Gasteiger partial charge on any atom is -0.383 e. The highest BCUT2D eigenvalue weighted by Crippen LogP contribution is 2.18. The van der Waals surface area contributed by atoms with Gasteiger partial charge in [0.05, 0.1) is 13.2 Å². The number of halogens is 2. The number of anilines is 1. The summed E-state index contributed by atoms with van der Waals surface area (Å²) < 4.78 is 19.6. The summed E-state index contributed by atoms with van der Waals surface area (Å²) >= 11 is 11.1. The lowest BCUT2D eigenvalue weighted by Crippen LogP contribution is -2.31. The van der Waals surface area contributed by atoms with Crippen LogP contribution in [0.15, 0.2) is 30.5 Å². The standard InChI is InChI=1S/C14H16ClFN4OS/c1-21-7-5-17-14(22)18-13-4-6-20(19-13)9-10-2-3-11(16)8-12(10)15/h2-4,6,8H,5,7,9H2,1H3,(H2,17,18,19,22). The van der Waals surface area contributed by atoms with Gasteiger partial charge in [0.25, 0.3) is 0 Å². The van der Waals surface area contributed by atoms with Gasteiger partial charge in [-0.2, -0.15) is 5.10 Å². The molecule has 2 rings (SSSR count). The number of rotatable bonds is 6. The van der Waals surface area contributed by atoms with Crippen LogP contribution < -0.4 is 10.6 Å². The lowest BCUT2D eigenvalue weighted by Gasteiger charge is -2.08. The van der Waals surface area contributed by atoms with Gasteiger partial charge in [-0.05, 0) is 29.9 Å². The van der Waals surface area contributed by atoms with Crippen LogP contribution in [0.1, 0.15) is 5.56 Å². The molecule has 1 aromatic heterocycles. The fraction of sp³-hybridized carbons (Fsp3) is 0.286. The van der Waals surface area contributed by atoms with Gasteiger partial charge < -0.3 is 15.4 Å². The highest BCUT2D eigenvalue weighted by atomic mass is 35.5. The Morgan fingerprint density at radius 1 is 1.45 bits per heavy atom. The third-order valence-corrected chi connectivity index (χ3v) is 3.42. The van der Waals surface area contributed by atoms with E-state index in [1.54, 1.807) is 30.1 Å². The second-order valence-corrected chi connectivity index (χ2v) is 5.32. The molecule has 5 nitrogen and oxygen atoms in total. The maximum Gasteiger partial charge on any atom is 0.172 e. The number of aromatic nitrogens is 2. The predicted octanol–water partition coefficient (Wildman–Crippen LogP) is 2.66. The first-order valence-electron chi connectivity index (χ1n) is 6.59. The van der Waals surface area contributed by atoms with Gasteiger partial charge in [-0.15, -0.1) is 0 Å². The molecule has 0 aliphatic heterocycles. The molecule has 0 saturated carbocycles. The maximum atomic E-state index is 13.0. The molecule has 0 unspecified atom stereocenters. The lowest BCUT2D eigenvalue weighted by molar-refractivity contribution is 0.204. The van der Waals surface area contributed by atoms with Crippen molar-refractivity contribution in [2.24, 2.45) is 0 Å². The van der Waals surface area contributed by atoms with Crippen molar-refractivity contribution in [2.45, 2.75) is 6.54 Å². The van der Waals surface area contributed by atoms with Gasteiger partial charge in [-0.25, -0.2) is 4.39 Å². The fourth-order valence-electron chi connectivity index (χ4n) is 1.77. The Bertz CT molecular complexity index is 650. The number of hydrogen-bond acceptors (Lipinski definition) is 3. The minimum absolute atomic E-state index is 0.357. The van der Waals surface area contributed by atoms with Crippen LogP contribution in [0.4, 0.5) is 10.2 Å². The van der Waals surface area contributed by atoms with Crippen LogP contribution in [-0.2, 0) is 11.3 Å². The van der Waals surface area contributed by atoms with Crippen molar-refractivity contribution in [3.05, 3.63) is 46.9 Å². The summed E-state index contributed by atoms with van der Waals surface area (Å²) in [4.78, 5) is 0. The van der Waals surface area contributed by atoms with E-state index in [1.807, 2.05) is 0 Å². The Morgan fingerprint density at radius 3 is 3.00 bits per heavy atom. The summed E-state index contributed by atoms with van der Waals surface area (Å²) in [5.74, 6) is 0.261. The van der Waals surface area contributed by atoms with Gasteiger partial charge in [-0.1, -0.05) is 17.7 Å². The van der Waals surface area contributed by atoms with Crippen LogP contribution >= 0.6 is 23.8 Å². The number of ether oxygens (including phenoxy) is 1. The molecule has 0 bridgehead atoms. The zero-order valence-corrected chi connectivity index (χ0v) is 13.5. The Hall–Kier alpha value is -1.70. The molecule has 8 heteroatoms. The maximum absolute atomic E-state index is 13.0. The molecule has 0 radical (unpaired) electrons. The minimum atomic E-state index is -0.357. The van der Waals surface area contributed by atoms with E-state index >= 15 is 0 Å². The summed E-state index contributed by atoms with van der Waals surface area (Å²) in [6, 6.07) is 6.10. The quantitative estimate of drug-likeness (QED) is 0.624. The van der Waals surface area contributed by atoms with Crippen molar-refractivity contribution < 1.29 is 9.13 Å². The largest absolute Gasteiger partial charge is 0.383 e. The number of thiocarbonyl (C=S) groups is 1. The van der Waals surface area contributed by atoms with Gasteiger partial charge in [-0.3, -0.25) is 4.68 Å². The Kier molecular flexibility index (Phi) is 6.11. The molecule has 0 spiro atoms. The van der Waals surface area contributed by atoms with E-state index in [0.717, 1.165) is 5.56 Å². The van der Waals surface area contributed by atoms with Crippen LogP contribution in [0.25, 0.3) is 0 Å². The molecule has 22 heavy (non-hydrogen) atoms.